The van der Waals surface area contributed by atoms with Gasteiger partial charge in [-0.15, -0.1) is 0 Å². The lowest BCUT2D eigenvalue weighted by molar-refractivity contribution is -0.134. The van der Waals surface area contributed by atoms with Gasteiger partial charge in [0.05, 0.1) is 0 Å². The number of aromatic hydroxyl groups is 2. The van der Waals surface area contributed by atoms with Crippen molar-refractivity contribution in [2.24, 2.45) is 0 Å². The first-order valence-corrected chi connectivity index (χ1v) is 7.81. The number of ether oxygens (including phenoxy) is 2. The summed E-state index contributed by atoms with van der Waals surface area (Å²) in [4.78, 5) is 22.6. The largest absolute Gasteiger partial charge is 0.504 e. The van der Waals surface area contributed by atoms with E-state index in [1.165, 1.54) is 32.0 Å². The van der Waals surface area contributed by atoms with Crippen molar-refractivity contribution in [1.82, 2.24) is 0 Å². The highest BCUT2D eigenvalue weighted by molar-refractivity contribution is 6.01. The fraction of sp³-hybridized carbons (Fsp3) is 0.100. The third-order valence-corrected chi connectivity index (χ3v) is 3.74. The molecule has 0 aliphatic heterocycles. The highest BCUT2D eigenvalue weighted by atomic mass is 16.6. The van der Waals surface area contributed by atoms with Gasteiger partial charge in [0, 0.05) is 19.4 Å². The van der Waals surface area contributed by atoms with Crippen molar-refractivity contribution < 1.29 is 29.3 Å². The molecule has 0 fully saturated rings. The van der Waals surface area contributed by atoms with E-state index in [1.807, 2.05) is 12.1 Å². The Morgan fingerprint density at radius 2 is 1.50 bits per heavy atom. The summed E-state index contributed by atoms with van der Waals surface area (Å²) < 4.78 is 10.2. The van der Waals surface area contributed by atoms with Gasteiger partial charge in [0.15, 0.2) is 23.0 Å². The summed E-state index contributed by atoms with van der Waals surface area (Å²) >= 11 is 0. The van der Waals surface area contributed by atoms with Crippen LogP contribution in [0.1, 0.15) is 13.8 Å². The van der Waals surface area contributed by atoms with Crippen LogP contribution in [0.5, 0.6) is 23.0 Å². The van der Waals surface area contributed by atoms with E-state index in [1.54, 1.807) is 18.2 Å². The first-order valence-electron chi connectivity index (χ1n) is 7.81. The van der Waals surface area contributed by atoms with Gasteiger partial charge >= 0.3 is 11.9 Å². The highest BCUT2D eigenvalue weighted by Gasteiger charge is 2.17. The minimum Gasteiger partial charge on any atom is -0.504 e. The molecule has 0 amide bonds. The van der Waals surface area contributed by atoms with Crippen LogP contribution in [-0.2, 0) is 9.59 Å². The Morgan fingerprint density at radius 1 is 0.846 bits per heavy atom. The smallest absolute Gasteiger partial charge is 0.308 e. The Morgan fingerprint density at radius 3 is 2.19 bits per heavy atom. The highest BCUT2D eigenvalue weighted by Crippen LogP contribution is 2.44. The average Bonchev–Trinajstić information content (AvgIpc) is 2.57. The van der Waals surface area contributed by atoms with Gasteiger partial charge in [-0.05, 0) is 34.5 Å². The lowest BCUT2D eigenvalue weighted by Crippen LogP contribution is -2.07. The van der Waals surface area contributed by atoms with Crippen LogP contribution >= 0.6 is 0 Å². The molecule has 0 atom stereocenters. The van der Waals surface area contributed by atoms with E-state index >= 15 is 0 Å². The number of phenolic OH excluding ortho intramolecular Hbond substituents is 2. The average molecular weight is 352 g/mol. The first kappa shape index (κ1) is 17.3. The minimum atomic E-state index is -0.583. The maximum Gasteiger partial charge on any atom is 0.308 e. The normalized spacial score (nSPS) is 10.5. The summed E-state index contributed by atoms with van der Waals surface area (Å²) in [5.74, 6) is -1.58. The van der Waals surface area contributed by atoms with Gasteiger partial charge < -0.3 is 19.7 Å². The number of carbonyl (C=O) groups is 2. The number of esters is 2. The fourth-order valence-corrected chi connectivity index (χ4v) is 2.75. The van der Waals surface area contributed by atoms with E-state index in [0.717, 1.165) is 5.39 Å². The van der Waals surface area contributed by atoms with E-state index in [2.05, 4.69) is 0 Å². The van der Waals surface area contributed by atoms with E-state index < -0.39 is 11.9 Å². The molecule has 0 saturated carbocycles. The topological polar surface area (TPSA) is 93.1 Å². The molecule has 0 aliphatic carbocycles. The monoisotopic (exact) mass is 352 g/mol. The predicted octanol–water partition coefficient (Wildman–Crippen LogP) is 3.77. The van der Waals surface area contributed by atoms with Gasteiger partial charge in [-0.25, -0.2) is 0 Å². The summed E-state index contributed by atoms with van der Waals surface area (Å²) in [6.45, 7) is 2.46. The maximum atomic E-state index is 11.4. The summed E-state index contributed by atoms with van der Waals surface area (Å²) in [7, 11) is 0. The lowest BCUT2D eigenvalue weighted by atomic mass is 9.96. The zero-order chi connectivity index (χ0) is 18.8. The molecule has 6 nitrogen and oxygen atoms in total. The number of hydrogen-bond donors (Lipinski definition) is 2. The van der Waals surface area contributed by atoms with Gasteiger partial charge in [0.2, 0.25) is 0 Å². The van der Waals surface area contributed by atoms with Crippen LogP contribution < -0.4 is 9.47 Å². The predicted molar refractivity (Wildman–Crippen MR) is 95.3 cm³/mol. The summed E-state index contributed by atoms with van der Waals surface area (Å²) in [5, 5.41) is 21.9. The SMILES string of the molecule is CC(=O)Oc1ccc(-c2c(O)c(O)cc3ccccc23)cc1OC(C)=O. The van der Waals surface area contributed by atoms with Crippen LogP contribution in [0.3, 0.4) is 0 Å². The van der Waals surface area contributed by atoms with Crippen molar-refractivity contribution in [3.05, 3.63) is 48.5 Å². The van der Waals surface area contributed by atoms with Gasteiger partial charge in [-0.3, -0.25) is 9.59 Å². The van der Waals surface area contributed by atoms with Crippen molar-refractivity contribution in [1.29, 1.82) is 0 Å². The Kier molecular flexibility index (Phi) is 4.49. The van der Waals surface area contributed by atoms with E-state index in [4.69, 9.17) is 9.47 Å². The van der Waals surface area contributed by atoms with E-state index in [-0.39, 0.29) is 23.0 Å². The molecule has 132 valence electrons. The molecule has 0 saturated heterocycles. The van der Waals surface area contributed by atoms with Crippen LogP contribution in [0.4, 0.5) is 0 Å². The Bertz CT molecular complexity index is 1020. The number of phenols is 2. The molecular weight excluding hydrogens is 336 g/mol. The molecule has 3 aromatic carbocycles. The third-order valence-electron chi connectivity index (χ3n) is 3.74. The van der Waals surface area contributed by atoms with Crippen LogP contribution in [0.25, 0.3) is 21.9 Å². The standard InChI is InChI=1S/C20H16O6/c1-11(21)25-17-8-7-14(10-18(17)26-12(2)22)19-15-6-4-3-5-13(15)9-16(23)20(19)24/h3-10,23-24H,1-2H3. The Hall–Kier alpha value is -3.54. The molecule has 0 unspecified atom stereocenters. The summed E-state index contributed by atoms with van der Waals surface area (Å²) in [6, 6.07) is 13.2. The van der Waals surface area contributed by atoms with Crippen molar-refractivity contribution in [3.63, 3.8) is 0 Å². The first-order chi connectivity index (χ1) is 12.4. The number of hydrogen-bond acceptors (Lipinski definition) is 6. The van der Waals surface area contributed by atoms with Crippen LogP contribution in [0, 0.1) is 0 Å². The Labute approximate surface area is 149 Å². The maximum absolute atomic E-state index is 11.4. The third kappa shape index (κ3) is 3.30. The number of rotatable bonds is 3. The molecule has 0 heterocycles. The zero-order valence-corrected chi connectivity index (χ0v) is 14.1. The van der Waals surface area contributed by atoms with Crippen LogP contribution in [0.2, 0.25) is 0 Å². The molecule has 0 aromatic heterocycles. The van der Waals surface area contributed by atoms with Crippen molar-refractivity contribution in [3.8, 4) is 34.1 Å². The number of benzene rings is 3. The lowest BCUT2D eigenvalue weighted by Gasteiger charge is -2.14. The van der Waals surface area contributed by atoms with Crippen molar-refractivity contribution >= 4 is 22.7 Å². The van der Waals surface area contributed by atoms with E-state index in [0.29, 0.717) is 16.5 Å². The second-order valence-electron chi connectivity index (χ2n) is 5.69. The second-order valence-corrected chi connectivity index (χ2v) is 5.69. The molecular formula is C20H16O6. The molecule has 3 rings (SSSR count). The van der Waals surface area contributed by atoms with Gasteiger partial charge in [0.25, 0.3) is 0 Å². The molecule has 26 heavy (non-hydrogen) atoms. The summed E-state index contributed by atoms with van der Waals surface area (Å²) in [6.07, 6.45) is 0. The van der Waals surface area contributed by atoms with Crippen LogP contribution in [0.15, 0.2) is 48.5 Å². The van der Waals surface area contributed by atoms with Crippen LogP contribution in [-0.4, -0.2) is 22.2 Å². The van der Waals surface area contributed by atoms with Gasteiger partial charge in [0.1, 0.15) is 0 Å². The zero-order valence-electron chi connectivity index (χ0n) is 14.1. The number of carbonyl (C=O) groups excluding carboxylic acids is 2. The van der Waals surface area contributed by atoms with Crippen molar-refractivity contribution in [2.75, 3.05) is 0 Å². The summed E-state index contributed by atoms with van der Waals surface area (Å²) in [5.41, 5.74) is 0.866. The number of fused-ring (bicyclic) bond motifs is 1. The molecule has 0 radical (unpaired) electrons. The minimum absolute atomic E-state index is 0.0389. The molecule has 3 aromatic rings. The van der Waals surface area contributed by atoms with Gasteiger partial charge in [-0.2, -0.15) is 0 Å². The molecule has 6 heteroatoms. The molecule has 0 spiro atoms. The fourth-order valence-electron chi connectivity index (χ4n) is 2.75. The van der Waals surface area contributed by atoms with Gasteiger partial charge in [-0.1, -0.05) is 30.3 Å². The second kappa shape index (κ2) is 6.76. The van der Waals surface area contributed by atoms with E-state index in [9.17, 15) is 19.8 Å². The van der Waals surface area contributed by atoms with Crippen molar-refractivity contribution in [2.45, 2.75) is 13.8 Å². The quantitative estimate of drug-likeness (QED) is 0.423. The molecule has 0 bridgehead atoms. The molecule has 2 N–H and O–H groups in total. The molecule has 0 aliphatic rings. The Balaban J connectivity index is 2.24.